The maximum absolute atomic E-state index is 13.0. The van der Waals surface area contributed by atoms with Gasteiger partial charge in [0.15, 0.2) is 0 Å². The van der Waals surface area contributed by atoms with Crippen molar-refractivity contribution in [3.63, 3.8) is 0 Å². The fraction of sp³-hybridized carbons (Fsp3) is 0.125. The normalized spacial score (nSPS) is 9.92. The number of aryl methyl sites for hydroxylation is 1. The van der Waals surface area contributed by atoms with Gasteiger partial charge in [0.1, 0.15) is 11.7 Å². The number of amidine groups is 1. The van der Waals surface area contributed by atoms with Gasteiger partial charge in [-0.3, -0.25) is 5.41 Å². The van der Waals surface area contributed by atoms with E-state index in [0.29, 0.717) is 5.56 Å². The summed E-state index contributed by atoms with van der Waals surface area (Å²) in [6.07, 6.45) is 0. The van der Waals surface area contributed by atoms with E-state index >= 15 is 0 Å². The van der Waals surface area contributed by atoms with Gasteiger partial charge in [0, 0.05) is 0 Å². The Hall–Kier alpha value is -1.09. The van der Waals surface area contributed by atoms with E-state index in [4.69, 9.17) is 22.7 Å². The Balaban J connectivity index is 3.43. The van der Waals surface area contributed by atoms with Crippen LogP contribution in [0.1, 0.15) is 11.1 Å². The van der Waals surface area contributed by atoms with Crippen LogP contribution in [0.5, 0.6) is 0 Å². The molecule has 0 aromatic heterocycles. The van der Waals surface area contributed by atoms with Crippen LogP contribution in [0.3, 0.4) is 0 Å². The zero-order valence-electron chi connectivity index (χ0n) is 6.49. The lowest BCUT2D eigenvalue weighted by molar-refractivity contribution is 0.624. The van der Waals surface area contributed by atoms with Gasteiger partial charge in [-0.1, -0.05) is 17.7 Å². The lowest BCUT2D eigenvalue weighted by Gasteiger charge is -2.05. The van der Waals surface area contributed by atoms with Gasteiger partial charge in [0.25, 0.3) is 0 Å². The number of rotatable bonds is 1. The van der Waals surface area contributed by atoms with Crippen molar-refractivity contribution in [3.05, 3.63) is 34.1 Å². The van der Waals surface area contributed by atoms with Crippen LogP contribution < -0.4 is 5.73 Å². The summed E-state index contributed by atoms with van der Waals surface area (Å²) in [6.45, 7) is 1.73. The largest absolute Gasteiger partial charge is 0.384 e. The first kappa shape index (κ1) is 9.00. The Morgan fingerprint density at radius 2 is 2.17 bits per heavy atom. The summed E-state index contributed by atoms with van der Waals surface area (Å²) in [5, 5.41) is 7.28. The molecule has 0 unspecified atom stereocenters. The molecule has 12 heavy (non-hydrogen) atoms. The Kier molecular flexibility index (Phi) is 2.33. The Morgan fingerprint density at radius 1 is 1.58 bits per heavy atom. The predicted molar refractivity (Wildman–Crippen MR) is 47.2 cm³/mol. The predicted octanol–water partition coefficient (Wildman–Crippen LogP) is 2.07. The van der Waals surface area contributed by atoms with E-state index in [0.717, 1.165) is 0 Å². The average molecular weight is 187 g/mol. The maximum Gasteiger partial charge on any atom is 0.135 e. The molecular weight excluding hydrogens is 179 g/mol. The van der Waals surface area contributed by atoms with Crippen LogP contribution in [0, 0.1) is 18.2 Å². The molecule has 1 aromatic carbocycles. The number of nitrogens with two attached hydrogens (primary N) is 1. The fourth-order valence-electron chi connectivity index (χ4n) is 0.904. The number of nitrogens with one attached hydrogen (secondary N) is 1. The van der Waals surface area contributed by atoms with E-state index in [-0.39, 0.29) is 16.4 Å². The van der Waals surface area contributed by atoms with Gasteiger partial charge in [0.2, 0.25) is 0 Å². The highest BCUT2D eigenvalue weighted by Gasteiger charge is 2.11. The van der Waals surface area contributed by atoms with Crippen LogP contribution in [0.4, 0.5) is 4.39 Å². The van der Waals surface area contributed by atoms with Crippen LogP contribution in [0.15, 0.2) is 12.1 Å². The molecule has 0 radical (unpaired) electrons. The minimum atomic E-state index is -0.557. The van der Waals surface area contributed by atoms with Crippen molar-refractivity contribution in [1.82, 2.24) is 0 Å². The van der Waals surface area contributed by atoms with Gasteiger partial charge in [-0.05, 0) is 18.6 Å². The second-order valence-electron chi connectivity index (χ2n) is 2.47. The molecule has 0 atom stereocenters. The molecule has 0 aliphatic heterocycles. The molecule has 64 valence electrons. The average Bonchev–Trinajstić information content (AvgIpc) is 1.97. The highest BCUT2D eigenvalue weighted by atomic mass is 35.5. The zero-order chi connectivity index (χ0) is 9.30. The first-order valence-corrected chi connectivity index (χ1v) is 3.71. The summed E-state index contributed by atoms with van der Waals surface area (Å²) in [6, 6.07) is 2.79. The smallest absolute Gasteiger partial charge is 0.135 e. The lowest BCUT2D eigenvalue weighted by atomic mass is 10.1. The molecule has 3 N–H and O–H groups in total. The van der Waals surface area contributed by atoms with Gasteiger partial charge >= 0.3 is 0 Å². The van der Waals surface area contributed by atoms with E-state index in [2.05, 4.69) is 0 Å². The van der Waals surface area contributed by atoms with Crippen LogP contribution >= 0.6 is 11.6 Å². The third-order valence-electron chi connectivity index (χ3n) is 1.55. The van der Waals surface area contributed by atoms with Crippen molar-refractivity contribution < 1.29 is 4.39 Å². The minimum Gasteiger partial charge on any atom is -0.384 e. The van der Waals surface area contributed by atoms with Crippen molar-refractivity contribution in [3.8, 4) is 0 Å². The zero-order valence-corrected chi connectivity index (χ0v) is 7.24. The van der Waals surface area contributed by atoms with Crippen molar-refractivity contribution in [2.24, 2.45) is 5.73 Å². The van der Waals surface area contributed by atoms with E-state index in [1.165, 1.54) is 6.07 Å². The van der Waals surface area contributed by atoms with Crippen molar-refractivity contribution in [2.45, 2.75) is 6.92 Å². The van der Waals surface area contributed by atoms with Crippen molar-refractivity contribution in [1.29, 1.82) is 5.41 Å². The van der Waals surface area contributed by atoms with Gasteiger partial charge < -0.3 is 5.73 Å². The molecule has 0 fully saturated rings. The van der Waals surface area contributed by atoms with Gasteiger partial charge in [-0.15, -0.1) is 0 Å². The molecule has 1 aromatic rings. The maximum atomic E-state index is 13.0. The van der Waals surface area contributed by atoms with Crippen molar-refractivity contribution in [2.75, 3.05) is 0 Å². The van der Waals surface area contributed by atoms with E-state index < -0.39 is 5.82 Å². The van der Waals surface area contributed by atoms with E-state index in [1.807, 2.05) is 0 Å². The molecule has 0 saturated heterocycles. The molecule has 0 bridgehead atoms. The second-order valence-corrected chi connectivity index (χ2v) is 2.84. The summed E-state index contributed by atoms with van der Waals surface area (Å²) in [5.74, 6) is -0.903. The Morgan fingerprint density at radius 3 is 2.58 bits per heavy atom. The molecular formula is C8H8ClFN2. The Bertz CT molecular complexity index is 336. The summed E-state index contributed by atoms with van der Waals surface area (Å²) >= 11 is 5.73. The summed E-state index contributed by atoms with van der Waals surface area (Å²) in [7, 11) is 0. The van der Waals surface area contributed by atoms with Crippen molar-refractivity contribution >= 4 is 17.4 Å². The summed E-state index contributed by atoms with van der Waals surface area (Å²) < 4.78 is 13.0. The van der Waals surface area contributed by atoms with Gasteiger partial charge in [0.05, 0.1) is 10.6 Å². The molecule has 0 saturated carbocycles. The molecule has 0 aliphatic carbocycles. The topological polar surface area (TPSA) is 49.9 Å². The SMILES string of the molecule is Cc1ccc(F)c(C(=N)N)c1Cl. The molecule has 0 heterocycles. The number of halogens is 2. The number of hydrogen-bond donors (Lipinski definition) is 2. The third-order valence-corrected chi connectivity index (χ3v) is 2.04. The minimum absolute atomic E-state index is 0.0170. The van der Waals surface area contributed by atoms with E-state index in [1.54, 1.807) is 13.0 Å². The fourth-order valence-corrected chi connectivity index (χ4v) is 1.16. The highest BCUT2D eigenvalue weighted by Crippen LogP contribution is 2.22. The molecule has 0 aliphatic rings. The van der Waals surface area contributed by atoms with Crippen LogP contribution in [0.25, 0.3) is 0 Å². The molecule has 4 heteroatoms. The standard InChI is InChI=1S/C8H8ClFN2/c1-4-2-3-5(10)6(7(4)9)8(11)12/h2-3H,1H3,(H3,11,12). The number of nitrogen functional groups attached to an aromatic ring is 1. The molecule has 1 rings (SSSR count). The molecule has 0 spiro atoms. The first-order chi connectivity index (χ1) is 5.54. The molecule has 2 nitrogen and oxygen atoms in total. The molecule has 0 amide bonds. The van der Waals surface area contributed by atoms with Crippen LogP contribution in [-0.2, 0) is 0 Å². The number of benzene rings is 1. The second kappa shape index (κ2) is 3.11. The monoisotopic (exact) mass is 186 g/mol. The highest BCUT2D eigenvalue weighted by molar-refractivity contribution is 6.34. The first-order valence-electron chi connectivity index (χ1n) is 3.33. The van der Waals surface area contributed by atoms with Gasteiger partial charge in [-0.2, -0.15) is 0 Å². The summed E-state index contributed by atoms with van der Waals surface area (Å²) in [5.41, 5.74) is 5.84. The number of hydrogen-bond acceptors (Lipinski definition) is 1. The van der Waals surface area contributed by atoms with Crippen LogP contribution in [-0.4, -0.2) is 5.84 Å². The quantitative estimate of drug-likeness (QED) is 0.512. The lowest BCUT2D eigenvalue weighted by Crippen LogP contribution is -2.14. The Labute approximate surface area is 74.7 Å². The van der Waals surface area contributed by atoms with E-state index in [9.17, 15) is 4.39 Å². The third kappa shape index (κ3) is 1.41. The van der Waals surface area contributed by atoms with Gasteiger partial charge in [-0.25, -0.2) is 4.39 Å². The summed E-state index contributed by atoms with van der Waals surface area (Å²) in [4.78, 5) is 0. The van der Waals surface area contributed by atoms with Crippen LogP contribution in [0.2, 0.25) is 5.02 Å².